The number of benzene rings is 2. The molecule has 1 atom stereocenters. The number of rotatable bonds is 8. The summed E-state index contributed by atoms with van der Waals surface area (Å²) in [6, 6.07) is 6.31. The summed E-state index contributed by atoms with van der Waals surface area (Å²) in [5.41, 5.74) is -0.980. The predicted octanol–water partition coefficient (Wildman–Crippen LogP) is 6.62. The number of hydrogen-bond acceptors (Lipinski definition) is 6. The molecule has 0 radical (unpaired) electrons. The fourth-order valence-electron chi connectivity index (χ4n) is 4.39. The Hall–Kier alpha value is -3.80. The second-order valence-corrected chi connectivity index (χ2v) is 9.67. The summed E-state index contributed by atoms with van der Waals surface area (Å²) in [6.45, 7) is 9.81. The van der Waals surface area contributed by atoms with E-state index in [0.29, 0.717) is 12.4 Å². The van der Waals surface area contributed by atoms with Crippen molar-refractivity contribution in [2.45, 2.75) is 51.9 Å². The molecule has 1 unspecified atom stereocenters. The van der Waals surface area contributed by atoms with Gasteiger partial charge in [0.1, 0.15) is 23.9 Å². The number of alkyl halides is 3. The number of nitrogens with zero attached hydrogens (tertiary/aromatic N) is 3. The van der Waals surface area contributed by atoms with Crippen LogP contribution >= 0.6 is 11.6 Å². The number of hydrogen-bond donors (Lipinski definition) is 0. The summed E-state index contributed by atoms with van der Waals surface area (Å²) < 4.78 is 82.7. The normalized spacial score (nSPS) is 16.8. The van der Waals surface area contributed by atoms with Crippen LogP contribution in [0.15, 0.2) is 53.8 Å². The zero-order valence-electron chi connectivity index (χ0n) is 21.0. The number of anilines is 1. The first kappa shape index (κ1) is 28.2. The molecule has 0 bridgehead atoms. The van der Waals surface area contributed by atoms with Gasteiger partial charge in [0.25, 0.3) is 0 Å². The largest absolute Gasteiger partial charge is 0.573 e. The first-order valence-electron chi connectivity index (χ1n) is 11.6. The molecule has 2 heterocycles. The van der Waals surface area contributed by atoms with E-state index < -0.39 is 45.7 Å². The molecule has 3 aromatic rings. The van der Waals surface area contributed by atoms with Gasteiger partial charge in [0.2, 0.25) is 5.88 Å². The minimum Gasteiger partial charge on any atom is -0.473 e. The van der Waals surface area contributed by atoms with Gasteiger partial charge in [-0.2, -0.15) is 4.98 Å². The molecule has 1 aromatic heterocycles. The Morgan fingerprint density at radius 2 is 1.85 bits per heavy atom. The van der Waals surface area contributed by atoms with Crippen molar-refractivity contribution < 1.29 is 36.2 Å². The molecule has 2 aromatic carbocycles. The Labute approximate surface area is 225 Å². The van der Waals surface area contributed by atoms with Gasteiger partial charge in [-0.25, -0.2) is 13.6 Å². The monoisotopic (exact) mass is 571 g/mol. The first-order chi connectivity index (χ1) is 18.2. The van der Waals surface area contributed by atoms with Crippen LogP contribution in [0, 0.1) is 11.6 Å². The molecular formula is C26H23ClF5N3O4. The molecule has 0 N–H and O–H groups in total. The van der Waals surface area contributed by atoms with Crippen molar-refractivity contribution in [3.63, 3.8) is 0 Å². The number of halogens is 6. The van der Waals surface area contributed by atoms with Gasteiger partial charge in [-0.1, -0.05) is 17.7 Å². The van der Waals surface area contributed by atoms with Gasteiger partial charge in [-0.3, -0.25) is 4.57 Å². The summed E-state index contributed by atoms with van der Waals surface area (Å²) in [5, 5.41) is -0.474. The molecule has 208 valence electrons. The zero-order chi connectivity index (χ0) is 28.7. The molecular weight excluding hydrogens is 549 g/mol. The van der Waals surface area contributed by atoms with Crippen LogP contribution in [-0.4, -0.2) is 27.5 Å². The van der Waals surface area contributed by atoms with E-state index in [0.717, 1.165) is 30.3 Å². The van der Waals surface area contributed by atoms with Crippen LogP contribution < -0.4 is 24.8 Å². The maximum absolute atomic E-state index is 14.7. The number of ether oxygens (including phenoxy) is 3. The Kier molecular flexibility index (Phi) is 7.53. The molecule has 0 amide bonds. The highest BCUT2D eigenvalue weighted by atomic mass is 35.5. The second-order valence-electron chi connectivity index (χ2n) is 9.27. The van der Waals surface area contributed by atoms with Crippen LogP contribution in [0.3, 0.4) is 0 Å². The summed E-state index contributed by atoms with van der Waals surface area (Å²) in [6.07, 6.45) is -3.21. The average molecular weight is 572 g/mol. The van der Waals surface area contributed by atoms with Gasteiger partial charge >= 0.3 is 12.1 Å². The molecule has 4 rings (SSSR count). The van der Waals surface area contributed by atoms with Gasteiger partial charge in [-0.15, -0.1) is 19.8 Å². The van der Waals surface area contributed by atoms with Gasteiger partial charge in [-0.05, 0) is 50.6 Å². The fraction of sp³-hybridized carbons (Fsp3) is 0.308. The first-order valence-corrected chi connectivity index (χ1v) is 12.0. The number of fused-ring (bicyclic) bond motifs is 1. The highest BCUT2D eigenvalue weighted by Crippen LogP contribution is 2.37. The van der Waals surface area contributed by atoms with Gasteiger partial charge in [0.05, 0.1) is 17.1 Å². The number of aromatic nitrogens is 2. The van der Waals surface area contributed by atoms with Gasteiger partial charge in [0.15, 0.2) is 17.4 Å². The highest BCUT2D eigenvalue weighted by Gasteiger charge is 2.40. The molecule has 13 heteroatoms. The summed E-state index contributed by atoms with van der Waals surface area (Å²) >= 11 is 5.76. The van der Waals surface area contributed by atoms with E-state index in [-0.39, 0.29) is 29.8 Å². The minimum absolute atomic E-state index is 0.0235. The van der Waals surface area contributed by atoms with Crippen molar-refractivity contribution in [2.75, 3.05) is 4.90 Å². The second kappa shape index (κ2) is 10.4. The lowest BCUT2D eigenvalue weighted by atomic mass is 10.0. The van der Waals surface area contributed by atoms with Crippen molar-refractivity contribution >= 4 is 17.4 Å². The van der Waals surface area contributed by atoms with E-state index >= 15 is 0 Å². The standard InChI is InChI=1S/C26H23ClF5N3O4/c1-5-25(4)13-34-22(35(25)14(2)3)11-21(33-24(34)36)37-12-15-8-18(28)23(19(29)9-15)38-16-6-7-20(17(27)10-16)39-26(30,31)32/h5-11,14H,1,12-13H2,2-4H3. The molecule has 0 saturated carbocycles. The SMILES string of the molecule is C=CC1(C)Cn2c(cc(OCc3cc(F)c(Oc4ccc(OC(F)(F)F)c(Cl)c4)c(F)c3)nc2=O)N1C(C)C. The van der Waals surface area contributed by atoms with E-state index in [9.17, 15) is 26.7 Å². The van der Waals surface area contributed by atoms with Crippen LogP contribution in [0.2, 0.25) is 5.02 Å². The quantitative estimate of drug-likeness (QED) is 0.224. The van der Waals surface area contributed by atoms with E-state index in [4.69, 9.17) is 21.1 Å². The minimum atomic E-state index is -4.97. The average Bonchev–Trinajstić information content (AvgIpc) is 3.14. The summed E-state index contributed by atoms with van der Waals surface area (Å²) in [7, 11) is 0. The maximum atomic E-state index is 14.7. The topological polar surface area (TPSA) is 65.8 Å². The van der Waals surface area contributed by atoms with Crippen molar-refractivity contribution in [3.8, 4) is 23.1 Å². The molecule has 0 fully saturated rings. The van der Waals surface area contributed by atoms with Crippen molar-refractivity contribution in [3.05, 3.63) is 81.8 Å². The third-order valence-corrected chi connectivity index (χ3v) is 6.29. The molecule has 1 aliphatic heterocycles. The van der Waals surface area contributed by atoms with E-state index in [1.807, 2.05) is 25.7 Å². The summed E-state index contributed by atoms with van der Waals surface area (Å²) in [4.78, 5) is 18.6. The molecule has 39 heavy (non-hydrogen) atoms. The molecule has 1 aliphatic rings. The van der Waals surface area contributed by atoms with Crippen molar-refractivity contribution in [1.82, 2.24) is 9.55 Å². The van der Waals surface area contributed by atoms with Crippen LogP contribution in [0.4, 0.5) is 27.8 Å². The Morgan fingerprint density at radius 3 is 2.41 bits per heavy atom. The van der Waals surface area contributed by atoms with E-state index in [1.165, 1.54) is 4.57 Å². The van der Waals surface area contributed by atoms with Crippen molar-refractivity contribution in [2.24, 2.45) is 0 Å². The maximum Gasteiger partial charge on any atom is 0.573 e. The molecule has 0 aliphatic carbocycles. The molecule has 7 nitrogen and oxygen atoms in total. The van der Waals surface area contributed by atoms with E-state index in [1.54, 1.807) is 12.1 Å². The van der Waals surface area contributed by atoms with Gasteiger partial charge in [0, 0.05) is 18.2 Å². The summed E-state index contributed by atoms with van der Waals surface area (Å²) in [5.74, 6) is -3.37. The Morgan fingerprint density at radius 1 is 1.18 bits per heavy atom. The molecule has 0 spiro atoms. The third kappa shape index (κ3) is 5.95. The van der Waals surface area contributed by atoms with E-state index in [2.05, 4.69) is 16.3 Å². The highest BCUT2D eigenvalue weighted by molar-refractivity contribution is 6.32. The van der Waals surface area contributed by atoms with Crippen LogP contribution in [-0.2, 0) is 13.2 Å². The van der Waals surface area contributed by atoms with Crippen LogP contribution in [0.5, 0.6) is 23.1 Å². The fourth-order valence-corrected chi connectivity index (χ4v) is 4.60. The lowest BCUT2D eigenvalue weighted by molar-refractivity contribution is -0.274. The Bertz CT molecular complexity index is 1450. The lowest BCUT2D eigenvalue weighted by Gasteiger charge is -2.36. The van der Waals surface area contributed by atoms with Crippen LogP contribution in [0.1, 0.15) is 26.3 Å². The third-order valence-electron chi connectivity index (χ3n) is 5.99. The smallest absolute Gasteiger partial charge is 0.473 e. The zero-order valence-corrected chi connectivity index (χ0v) is 21.7. The Balaban J connectivity index is 1.51. The molecule has 0 saturated heterocycles. The lowest BCUT2D eigenvalue weighted by Crippen LogP contribution is -2.46. The van der Waals surface area contributed by atoms with Crippen molar-refractivity contribution in [1.29, 1.82) is 0 Å². The van der Waals surface area contributed by atoms with Gasteiger partial charge < -0.3 is 19.1 Å². The predicted molar refractivity (Wildman–Crippen MR) is 134 cm³/mol. The van der Waals surface area contributed by atoms with Crippen LogP contribution in [0.25, 0.3) is 0 Å².